The van der Waals surface area contributed by atoms with Crippen LogP contribution in [0.25, 0.3) is 0 Å². The molecule has 1 heterocycles. The summed E-state index contributed by atoms with van der Waals surface area (Å²) in [4.78, 5) is 15.7. The molecular weight excluding hydrogens is 331 g/mol. The predicted octanol–water partition coefficient (Wildman–Crippen LogP) is 1.74. The van der Waals surface area contributed by atoms with Crippen molar-refractivity contribution in [2.24, 2.45) is 0 Å². The number of carboxylic acid groups (broad SMARTS) is 1. The van der Waals surface area contributed by atoms with E-state index < -0.39 is 5.97 Å². The molecule has 2 rings (SSSR count). The molecule has 1 fully saturated rings. The van der Waals surface area contributed by atoms with Gasteiger partial charge in [0.25, 0.3) is 0 Å². The van der Waals surface area contributed by atoms with Gasteiger partial charge in [0.15, 0.2) is 0 Å². The van der Waals surface area contributed by atoms with Gasteiger partial charge in [-0.1, -0.05) is 6.07 Å². The van der Waals surface area contributed by atoms with Crippen LogP contribution in [-0.2, 0) is 0 Å². The van der Waals surface area contributed by atoms with Crippen LogP contribution in [0, 0.1) is 3.57 Å². The highest BCUT2D eigenvalue weighted by atomic mass is 127. The Kier molecular flexibility index (Phi) is 3.88. The van der Waals surface area contributed by atoms with Gasteiger partial charge in [0.05, 0.1) is 11.3 Å². The standard InChI is InChI=1S/C12H15IN2O2/c1-14-5-7-15(8-6-14)10-4-2-3-9(13)11(10)12(16)17/h2-4H,5-8H2,1H3,(H,16,17). The topological polar surface area (TPSA) is 43.8 Å². The lowest BCUT2D eigenvalue weighted by atomic mass is 10.1. The maximum atomic E-state index is 11.3. The third kappa shape index (κ3) is 2.71. The number of halogens is 1. The van der Waals surface area contributed by atoms with Crippen LogP contribution in [0.4, 0.5) is 5.69 Å². The lowest BCUT2D eigenvalue weighted by Gasteiger charge is -2.34. The third-order valence-corrected chi connectivity index (χ3v) is 3.95. The average molecular weight is 346 g/mol. The number of carboxylic acids is 1. The zero-order chi connectivity index (χ0) is 12.4. The number of anilines is 1. The van der Waals surface area contributed by atoms with Crippen LogP contribution >= 0.6 is 22.6 Å². The zero-order valence-corrected chi connectivity index (χ0v) is 11.8. The number of carbonyl (C=O) groups is 1. The first-order chi connectivity index (χ1) is 8.09. The number of hydrogen-bond acceptors (Lipinski definition) is 3. The second kappa shape index (κ2) is 5.22. The van der Waals surface area contributed by atoms with Crippen molar-refractivity contribution in [1.29, 1.82) is 0 Å². The van der Waals surface area contributed by atoms with Crippen LogP contribution in [0.2, 0.25) is 0 Å². The van der Waals surface area contributed by atoms with Crippen molar-refractivity contribution in [3.63, 3.8) is 0 Å². The Morgan fingerprint density at radius 3 is 2.53 bits per heavy atom. The molecule has 0 radical (unpaired) electrons. The Balaban J connectivity index is 2.32. The van der Waals surface area contributed by atoms with Gasteiger partial charge < -0.3 is 14.9 Å². The normalized spacial score (nSPS) is 17.2. The molecule has 17 heavy (non-hydrogen) atoms. The van der Waals surface area contributed by atoms with E-state index in [1.807, 2.05) is 18.2 Å². The Morgan fingerprint density at radius 1 is 1.29 bits per heavy atom. The molecule has 1 saturated heterocycles. The monoisotopic (exact) mass is 346 g/mol. The first-order valence-electron chi connectivity index (χ1n) is 5.55. The minimum atomic E-state index is -0.844. The highest BCUT2D eigenvalue weighted by Gasteiger charge is 2.21. The summed E-state index contributed by atoms with van der Waals surface area (Å²) < 4.78 is 0.798. The van der Waals surface area contributed by atoms with Crippen molar-refractivity contribution < 1.29 is 9.90 Å². The average Bonchev–Trinajstić information content (AvgIpc) is 2.29. The van der Waals surface area contributed by atoms with E-state index in [1.54, 1.807) is 0 Å². The van der Waals surface area contributed by atoms with E-state index in [2.05, 4.69) is 39.4 Å². The highest BCUT2D eigenvalue weighted by Crippen LogP contribution is 2.26. The van der Waals surface area contributed by atoms with Crippen molar-refractivity contribution in [2.75, 3.05) is 38.1 Å². The minimum Gasteiger partial charge on any atom is -0.478 e. The molecule has 0 aromatic heterocycles. The van der Waals surface area contributed by atoms with Crippen molar-refractivity contribution in [2.45, 2.75) is 0 Å². The van der Waals surface area contributed by atoms with Gasteiger partial charge in [-0.25, -0.2) is 4.79 Å². The lowest BCUT2D eigenvalue weighted by molar-refractivity contribution is 0.0696. The Labute approximate surface area is 114 Å². The Morgan fingerprint density at radius 2 is 1.94 bits per heavy atom. The van der Waals surface area contributed by atoms with Crippen LogP contribution < -0.4 is 4.90 Å². The second-order valence-electron chi connectivity index (χ2n) is 4.23. The number of piperazine rings is 1. The number of nitrogens with zero attached hydrogens (tertiary/aromatic N) is 2. The fourth-order valence-electron chi connectivity index (χ4n) is 2.04. The van der Waals surface area contributed by atoms with Gasteiger partial charge in [-0.05, 0) is 41.8 Å². The van der Waals surface area contributed by atoms with Crippen molar-refractivity contribution in [3.05, 3.63) is 27.3 Å². The molecule has 0 unspecified atom stereocenters. The fraction of sp³-hybridized carbons (Fsp3) is 0.417. The molecule has 1 aromatic carbocycles. The Hall–Kier alpha value is -0.820. The molecule has 0 amide bonds. The van der Waals surface area contributed by atoms with E-state index in [1.165, 1.54) is 0 Å². The summed E-state index contributed by atoms with van der Waals surface area (Å²) in [6.45, 7) is 3.73. The fourth-order valence-corrected chi connectivity index (χ4v) is 2.75. The summed E-state index contributed by atoms with van der Waals surface area (Å²) >= 11 is 2.08. The van der Waals surface area contributed by atoms with Crippen molar-refractivity contribution in [1.82, 2.24) is 4.90 Å². The van der Waals surface area contributed by atoms with E-state index in [-0.39, 0.29) is 0 Å². The quantitative estimate of drug-likeness (QED) is 0.829. The van der Waals surface area contributed by atoms with E-state index in [4.69, 9.17) is 0 Å². The number of benzene rings is 1. The molecule has 0 saturated carbocycles. The molecule has 0 atom stereocenters. The molecule has 1 N–H and O–H groups in total. The minimum absolute atomic E-state index is 0.428. The maximum absolute atomic E-state index is 11.3. The van der Waals surface area contributed by atoms with Crippen LogP contribution in [0.15, 0.2) is 18.2 Å². The Bertz CT molecular complexity index is 429. The molecule has 0 bridgehead atoms. The SMILES string of the molecule is CN1CCN(c2cccc(I)c2C(=O)O)CC1. The summed E-state index contributed by atoms with van der Waals surface area (Å²) in [5, 5.41) is 9.29. The molecule has 1 aliphatic rings. The molecule has 4 nitrogen and oxygen atoms in total. The largest absolute Gasteiger partial charge is 0.478 e. The van der Waals surface area contributed by atoms with E-state index in [0.29, 0.717) is 5.56 Å². The van der Waals surface area contributed by atoms with Crippen LogP contribution in [0.5, 0.6) is 0 Å². The van der Waals surface area contributed by atoms with Crippen LogP contribution in [0.1, 0.15) is 10.4 Å². The molecular formula is C12H15IN2O2. The van der Waals surface area contributed by atoms with Crippen LogP contribution in [0.3, 0.4) is 0 Å². The smallest absolute Gasteiger partial charge is 0.338 e. The molecule has 0 spiro atoms. The third-order valence-electron chi connectivity index (χ3n) is 3.05. The maximum Gasteiger partial charge on any atom is 0.338 e. The van der Waals surface area contributed by atoms with Crippen LogP contribution in [-0.4, -0.2) is 49.2 Å². The predicted molar refractivity (Wildman–Crippen MR) is 75.8 cm³/mol. The zero-order valence-electron chi connectivity index (χ0n) is 9.69. The van der Waals surface area contributed by atoms with Crippen molar-refractivity contribution >= 4 is 34.2 Å². The first kappa shape index (κ1) is 12.6. The second-order valence-corrected chi connectivity index (χ2v) is 5.39. The molecule has 1 aromatic rings. The highest BCUT2D eigenvalue weighted by molar-refractivity contribution is 14.1. The molecule has 1 aliphatic heterocycles. The van der Waals surface area contributed by atoms with Crippen molar-refractivity contribution in [3.8, 4) is 0 Å². The summed E-state index contributed by atoms with van der Waals surface area (Å²) in [5.74, 6) is -0.844. The van der Waals surface area contributed by atoms with Gasteiger partial charge in [-0.2, -0.15) is 0 Å². The lowest BCUT2D eigenvalue weighted by Crippen LogP contribution is -2.45. The van der Waals surface area contributed by atoms with Gasteiger partial charge in [-0.15, -0.1) is 0 Å². The first-order valence-corrected chi connectivity index (χ1v) is 6.63. The van der Waals surface area contributed by atoms with Gasteiger partial charge in [0.2, 0.25) is 0 Å². The number of likely N-dealkylation sites (N-methyl/N-ethyl adjacent to an activating group) is 1. The summed E-state index contributed by atoms with van der Waals surface area (Å²) in [6.07, 6.45) is 0. The van der Waals surface area contributed by atoms with Gasteiger partial charge >= 0.3 is 5.97 Å². The van der Waals surface area contributed by atoms with Gasteiger partial charge in [-0.3, -0.25) is 0 Å². The van der Waals surface area contributed by atoms with Gasteiger partial charge in [0, 0.05) is 29.7 Å². The summed E-state index contributed by atoms with van der Waals surface area (Å²) in [6, 6.07) is 5.66. The summed E-state index contributed by atoms with van der Waals surface area (Å²) in [5.41, 5.74) is 1.27. The number of hydrogen-bond donors (Lipinski definition) is 1. The molecule has 92 valence electrons. The van der Waals surface area contributed by atoms with E-state index >= 15 is 0 Å². The van der Waals surface area contributed by atoms with E-state index in [9.17, 15) is 9.90 Å². The molecule has 5 heteroatoms. The van der Waals surface area contributed by atoms with E-state index in [0.717, 1.165) is 35.4 Å². The van der Waals surface area contributed by atoms with Gasteiger partial charge in [0.1, 0.15) is 0 Å². The molecule has 0 aliphatic carbocycles. The number of rotatable bonds is 2. The number of aromatic carboxylic acids is 1. The summed E-state index contributed by atoms with van der Waals surface area (Å²) in [7, 11) is 2.09.